The van der Waals surface area contributed by atoms with Gasteiger partial charge in [-0.2, -0.15) is 0 Å². The number of halogens is 1. The molecule has 1 aromatic rings. The third-order valence-electron chi connectivity index (χ3n) is 2.58. The smallest absolute Gasteiger partial charge is 0.124 e. The van der Waals surface area contributed by atoms with Gasteiger partial charge in [-0.1, -0.05) is 19.9 Å². The van der Waals surface area contributed by atoms with Gasteiger partial charge in [0.2, 0.25) is 0 Å². The molecule has 1 unspecified atom stereocenters. The quantitative estimate of drug-likeness (QED) is 0.862. The molecule has 2 nitrogen and oxygen atoms in total. The van der Waals surface area contributed by atoms with Crippen LogP contribution >= 0.6 is 0 Å². The highest BCUT2D eigenvalue weighted by molar-refractivity contribution is 7.85. The number of nitrogens with two attached hydrogens (primary N) is 1. The number of benzene rings is 1. The van der Waals surface area contributed by atoms with Gasteiger partial charge in [0.05, 0.1) is 10.8 Å². The first-order chi connectivity index (χ1) is 7.44. The molecule has 0 radical (unpaired) electrons. The van der Waals surface area contributed by atoms with Crippen molar-refractivity contribution in [2.45, 2.75) is 25.2 Å². The molecule has 0 saturated heterocycles. The van der Waals surface area contributed by atoms with Crippen molar-refractivity contribution in [2.75, 3.05) is 12.3 Å². The van der Waals surface area contributed by atoms with Crippen LogP contribution < -0.4 is 5.73 Å². The van der Waals surface area contributed by atoms with Crippen molar-refractivity contribution in [3.05, 3.63) is 30.1 Å². The van der Waals surface area contributed by atoms with E-state index in [-0.39, 0.29) is 11.2 Å². The summed E-state index contributed by atoms with van der Waals surface area (Å²) in [6, 6.07) is 5.95. The van der Waals surface area contributed by atoms with Gasteiger partial charge >= 0.3 is 0 Å². The number of rotatable bonds is 5. The maximum atomic E-state index is 12.9. The molecule has 1 aromatic carbocycles. The topological polar surface area (TPSA) is 43.1 Å². The monoisotopic (exact) mass is 243 g/mol. The summed E-state index contributed by atoms with van der Waals surface area (Å²) in [5.41, 5.74) is 5.59. The maximum absolute atomic E-state index is 12.9. The molecule has 0 aliphatic rings. The lowest BCUT2D eigenvalue weighted by atomic mass is 9.91. The minimum atomic E-state index is -1.14. The van der Waals surface area contributed by atoms with Crippen molar-refractivity contribution < 1.29 is 8.60 Å². The molecule has 90 valence electrons. The van der Waals surface area contributed by atoms with Gasteiger partial charge < -0.3 is 5.73 Å². The summed E-state index contributed by atoms with van der Waals surface area (Å²) in [5, 5.41) is 0. The number of hydrogen-bond donors (Lipinski definition) is 1. The van der Waals surface area contributed by atoms with E-state index in [4.69, 9.17) is 5.73 Å². The van der Waals surface area contributed by atoms with E-state index < -0.39 is 10.8 Å². The Morgan fingerprint density at radius 3 is 2.69 bits per heavy atom. The molecule has 0 aromatic heterocycles. The Balaban J connectivity index is 2.60. The molecule has 0 bridgehead atoms. The molecule has 16 heavy (non-hydrogen) atoms. The van der Waals surface area contributed by atoms with Crippen LogP contribution in [0.4, 0.5) is 4.39 Å². The molecule has 0 aliphatic carbocycles. The van der Waals surface area contributed by atoms with Crippen LogP contribution in [0.15, 0.2) is 29.2 Å². The van der Waals surface area contributed by atoms with E-state index in [1.807, 2.05) is 13.8 Å². The maximum Gasteiger partial charge on any atom is 0.124 e. The summed E-state index contributed by atoms with van der Waals surface area (Å²) in [6.45, 7) is 4.64. The summed E-state index contributed by atoms with van der Waals surface area (Å²) in [7, 11) is -1.14. The lowest BCUT2D eigenvalue weighted by molar-refractivity contribution is 0.367. The first-order valence-electron chi connectivity index (χ1n) is 5.29. The first kappa shape index (κ1) is 13.3. The molecule has 0 spiro atoms. The van der Waals surface area contributed by atoms with E-state index in [2.05, 4.69) is 0 Å². The lowest BCUT2D eigenvalue weighted by Crippen LogP contribution is -2.25. The van der Waals surface area contributed by atoms with Gasteiger partial charge in [0.25, 0.3) is 0 Å². The summed E-state index contributed by atoms with van der Waals surface area (Å²) < 4.78 is 24.8. The SMILES string of the molecule is CC(C)(CN)CCS(=O)c1cccc(F)c1. The van der Waals surface area contributed by atoms with Gasteiger partial charge in [0.15, 0.2) is 0 Å². The van der Waals surface area contributed by atoms with Crippen LogP contribution in [0, 0.1) is 11.2 Å². The highest BCUT2D eigenvalue weighted by atomic mass is 32.2. The fraction of sp³-hybridized carbons (Fsp3) is 0.500. The molecule has 1 atom stereocenters. The molecule has 0 fully saturated rings. The third-order valence-corrected chi connectivity index (χ3v) is 3.93. The minimum absolute atomic E-state index is 0.0109. The van der Waals surface area contributed by atoms with Crippen molar-refractivity contribution in [3.8, 4) is 0 Å². The van der Waals surface area contributed by atoms with E-state index in [1.54, 1.807) is 12.1 Å². The Kier molecular flexibility index (Phi) is 4.62. The second-order valence-corrected chi connectivity index (χ2v) is 6.20. The van der Waals surface area contributed by atoms with E-state index in [0.717, 1.165) is 6.42 Å². The molecule has 1 rings (SSSR count). The third kappa shape index (κ3) is 4.02. The zero-order valence-corrected chi connectivity index (χ0v) is 10.5. The summed E-state index contributed by atoms with van der Waals surface area (Å²) in [5.74, 6) is 0.178. The molecule has 0 saturated carbocycles. The average molecular weight is 243 g/mol. The van der Waals surface area contributed by atoms with E-state index in [0.29, 0.717) is 17.2 Å². The minimum Gasteiger partial charge on any atom is -0.330 e. The van der Waals surface area contributed by atoms with E-state index >= 15 is 0 Å². The van der Waals surface area contributed by atoms with Crippen molar-refractivity contribution in [3.63, 3.8) is 0 Å². The predicted molar refractivity (Wildman–Crippen MR) is 65.1 cm³/mol. The summed E-state index contributed by atoms with van der Waals surface area (Å²) in [4.78, 5) is 0.549. The molecule has 0 amide bonds. The van der Waals surface area contributed by atoms with Crippen molar-refractivity contribution >= 4 is 10.8 Å². The largest absolute Gasteiger partial charge is 0.330 e. The van der Waals surface area contributed by atoms with Gasteiger partial charge in [-0.05, 0) is 36.6 Å². The molecule has 2 N–H and O–H groups in total. The molecular formula is C12H18FNOS. The highest BCUT2D eigenvalue weighted by Crippen LogP contribution is 2.20. The molecular weight excluding hydrogens is 225 g/mol. The van der Waals surface area contributed by atoms with Gasteiger partial charge in [0, 0.05) is 10.6 Å². The molecule has 0 aliphatic heterocycles. The molecule has 0 heterocycles. The summed E-state index contributed by atoms with van der Waals surface area (Å²) in [6.07, 6.45) is 0.770. The van der Waals surface area contributed by atoms with Crippen LogP contribution in [-0.4, -0.2) is 16.5 Å². The fourth-order valence-electron chi connectivity index (χ4n) is 1.20. The lowest BCUT2D eigenvalue weighted by Gasteiger charge is -2.21. The average Bonchev–Trinajstić information content (AvgIpc) is 2.26. The van der Waals surface area contributed by atoms with Gasteiger partial charge in [-0.15, -0.1) is 0 Å². The van der Waals surface area contributed by atoms with Gasteiger partial charge in [-0.3, -0.25) is 4.21 Å². The first-order valence-corrected chi connectivity index (χ1v) is 6.60. The van der Waals surface area contributed by atoms with Crippen LogP contribution in [0.5, 0.6) is 0 Å². The Hall–Kier alpha value is -0.740. The van der Waals surface area contributed by atoms with Crippen molar-refractivity contribution in [1.82, 2.24) is 0 Å². The Labute approximate surface area is 98.5 Å². The van der Waals surface area contributed by atoms with Gasteiger partial charge in [0.1, 0.15) is 5.82 Å². The van der Waals surface area contributed by atoms with Crippen LogP contribution in [0.3, 0.4) is 0 Å². The normalized spacial score (nSPS) is 13.8. The zero-order chi connectivity index (χ0) is 12.2. The predicted octanol–water partition coefficient (Wildman–Crippen LogP) is 2.31. The van der Waals surface area contributed by atoms with Crippen molar-refractivity contribution in [1.29, 1.82) is 0 Å². The van der Waals surface area contributed by atoms with Crippen LogP contribution in [0.1, 0.15) is 20.3 Å². The number of hydrogen-bond acceptors (Lipinski definition) is 2. The Morgan fingerprint density at radius 2 is 2.12 bits per heavy atom. The fourth-order valence-corrected chi connectivity index (χ4v) is 2.65. The Morgan fingerprint density at radius 1 is 1.44 bits per heavy atom. The zero-order valence-electron chi connectivity index (χ0n) is 9.70. The van der Waals surface area contributed by atoms with Crippen LogP contribution in [0.2, 0.25) is 0 Å². The second kappa shape index (κ2) is 5.55. The highest BCUT2D eigenvalue weighted by Gasteiger charge is 2.17. The van der Waals surface area contributed by atoms with Crippen LogP contribution in [-0.2, 0) is 10.8 Å². The molecule has 4 heteroatoms. The van der Waals surface area contributed by atoms with Crippen LogP contribution in [0.25, 0.3) is 0 Å². The van der Waals surface area contributed by atoms with Crippen molar-refractivity contribution in [2.24, 2.45) is 11.1 Å². The standard InChI is InChI=1S/C12H18FNOS/c1-12(2,9-14)6-7-16(15)11-5-3-4-10(13)8-11/h3-5,8H,6-7,9,14H2,1-2H3. The second-order valence-electron chi connectivity index (χ2n) is 4.63. The summed E-state index contributed by atoms with van der Waals surface area (Å²) >= 11 is 0. The van der Waals surface area contributed by atoms with E-state index in [1.165, 1.54) is 12.1 Å². The van der Waals surface area contributed by atoms with Gasteiger partial charge in [-0.25, -0.2) is 4.39 Å². The van der Waals surface area contributed by atoms with E-state index in [9.17, 15) is 8.60 Å². The Bertz CT molecular complexity index is 379.